The maximum atomic E-state index is 13.3. The van der Waals surface area contributed by atoms with Crippen molar-refractivity contribution in [1.82, 2.24) is 5.32 Å². The van der Waals surface area contributed by atoms with Gasteiger partial charge in [0, 0.05) is 6.42 Å². The predicted molar refractivity (Wildman–Crippen MR) is 287 cm³/mol. The second-order valence-corrected chi connectivity index (χ2v) is 19.3. The number of amides is 1. The van der Waals surface area contributed by atoms with Crippen LogP contribution in [0.15, 0.2) is 72.9 Å². The molecule has 0 saturated carbocycles. The number of rotatable bonds is 46. The molecule has 1 fully saturated rings. The second kappa shape index (κ2) is 47.1. The predicted octanol–water partition coefficient (Wildman–Crippen LogP) is 12.4. The van der Waals surface area contributed by atoms with Crippen LogP contribution in [0.5, 0.6) is 0 Å². The van der Waals surface area contributed by atoms with Crippen LogP contribution >= 0.6 is 0 Å². The number of aliphatic hydroxyl groups excluding tert-OH is 5. The smallest absolute Gasteiger partial charge is 0.306 e. The third-order valence-corrected chi connectivity index (χ3v) is 12.8. The average molecular weight is 986 g/mol. The molecule has 404 valence electrons. The van der Waals surface area contributed by atoms with Crippen LogP contribution in [-0.4, -0.2) is 99.6 Å². The third kappa shape index (κ3) is 35.3. The summed E-state index contributed by atoms with van der Waals surface area (Å²) in [6.07, 6.45) is 48.1. The zero-order valence-electron chi connectivity index (χ0n) is 44.4. The Morgan fingerprint density at radius 3 is 1.56 bits per heavy atom. The van der Waals surface area contributed by atoms with Crippen molar-refractivity contribution in [3.63, 3.8) is 0 Å². The number of hydrogen-bond acceptors (Lipinski definition) is 10. The van der Waals surface area contributed by atoms with Crippen LogP contribution in [0.2, 0.25) is 0 Å². The van der Waals surface area contributed by atoms with Crippen molar-refractivity contribution in [3.8, 4) is 0 Å². The van der Waals surface area contributed by atoms with Gasteiger partial charge in [0.1, 0.15) is 24.4 Å². The van der Waals surface area contributed by atoms with E-state index in [9.17, 15) is 35.1 Å². The molecular formula is C59H103NO10. The molecule has 6 N–H and O–H groups in total. The number of aliphatic hydroxyl groups is 5. The van der Waals surface area contributed by atoms with Crippen LogP contribution in [-0.2, 0) is 23.8 Å². The number of ether oxygens (including phenoxy) is 3. The van der Waals surface area contributed by atoms with E-state index in [0.717, 1.165) is 89.9 Å². The lowest BCUT2D eigenvalue weighted by atomic mass is 9.99. The van der Waals surface area contributed by atoms with Gasteiger partial charge >= 0.3 is 5.97 Å². The molecule has 0 aliphatic carbocycles. The van der Waals surface area contributed by atoms with Gasteiger partial charge in [0.25, 0.3) is 0 Å². The van der Waals surface area contributed by atoms with Crippen LogP contribution in [0.3, 0.4) is 0 Å². The van der Waals surface area contributed by atoms with Gasteiger partial charge in [-0.15, -0.1) is 0 Å². The van der Waals surface area contributed by atoms with Gasteiger partial charge < -0.3 is 45.1 Å². The first kappa shape index (κ1) is 65.1. The highest BCUT2D eigenvalue weighted by Gasteiger charge is 2.47. The van der Waals surface area contributed by atoms with Crippen molar-refractivity contribution in [1.29, 1.82) is 0 Å². The van der Waals surface area contributed by atoms with Crippen molar-refractivity contribution in [2.45, 2.75) is 275 Å². The van der Waals surface area contributed by atoms with Gasteiger partial charge in [-0.3, -0.25) is 9.59 Å². The monoisotopic (exact) mass is 986 g/mol. The number of carbonyl (C=O) groups is 2. The van der Waals surface area contributed by atoms with E-state index < -0.39 is 67.4 Å². The Labute approximate surface area is 426 Å². The van der Waals surface area contributed by atoms with Gasteiger partial charge in [-0.05, 0) is 89.9 Å². The van der Waals surface area contributed by atoms with E-state index in [1.54, 1.807) is 6.08 Å². The molecule has 0 bridgehead atoms. The van der Waals surface area contributed by atoms with Gasteiger partial charge in [-0.25, -0.2) is 0 Å². The van der Waals surface area contributed by atoms with E-state index in [2.05, 4.69) is 86.8 Å². The molecule has 1 heterocycles. The largest absolute Gasteiger partial charge is 0.454 e. The third-order valence-electron chi connectivity index (χ3n) is 12.8. The van der Waals surface area contributed by atoms with Crippen molar-refractivity contribution >= 4 is 11.9 Å². The van der Waals surface area contributed by atoms with E-state index >= 15 is 0 Å². The Bertz CT molecular complexity index is 1410. The van der Waals surface area contributed by atoms with Gasteiger partial charge in [-0.2, -0.15) is 0 Å². The van der Waals surface area contributed by atoms with Crippen molar-refractivity contribution in [2.75, 3.05) is 13.2 Å². The summed E-state index contributed by atoms with van der Waals surface area (Å²) in [5.74, 6) is -1.24. The lowest BCUT2D eigenvalue weighted by Gasteiger charge is -2.41. The van der Waals surface area contributed by atoms with Gasteiger partial charge in [0.15, 0.2) is 12.4 Å². The first-order chi connectivity index (χ1) is 34.2. The van der Waals surface area contributed by atoms with Gasteiger partial charge in [0.05, 0.1) is 25.4 Å². The average Bonchev–Trinajstić information content (AvgIpc) is 3.36. The minimum atomic E-state index is -1.63. The number of allylic oxidation sites excluding steroid dienone is 11. The standard InChI is InChI=1S/C59H103NO10/c1-4-7-10-13-16-19-22-24-25-26-27-28-29-30-32-35-38-41-44-47-54(64)70-57-56(66)55(65)53(48-61)69-59(57)68-49-50(51(62)45-42-39-36-34-31-23-20-17-14-11-8-5-2)60-58(67)52(63)46-43-40-37-33-21-18-15-12-9-6-3/h15-16,18-19,24-25,27-28,30,32,42,45,50-53,55-57,59,61-63,65-66H,4-14,17,20-23,26,29,31,33-41,43-44,46-49H2,1-3H3,(H,60,67)/b18-15-,19-16-,25-24-,28-27-,32-30-,45-42+. The molecule has 11 heteroatoms. The van der Waals surface area contributed by atoms with Crippen LogP contribution in [0.25, 0.3) is 0 Å². The van der Waals surface area contributed by atoms with Gasteiger partial charge in [0.2, 0.25) is 5.91 Å². The Morgan fingerprint density at radius 1 is 0.557 bits per heavy atom. The van der Waals surface area contributed by atoms with Crippen LogP contribution < -0.4 is 5.32 Å². The van der Waals surface area contributed by atoms with Crippen molar-refractivity contribution in [2.24, 2.45) is 0 Å². The van der Waals surface area contributed by atoms with Crippen molar-refractivity contribution < 1.29 is 49.3 Å². The van der Waals surface area contributed by atoms with E-state index in [0.29, 0.717) is 12.8 Å². The summed E-state index contributed by atoms with van der Waals surface area (Å²) >= 11 is 0. The molecule has 1 aliphatic heterocycles. The van der Waals surface area contributed by atoms with Crippen LogP contribution in [0, 0.1) is 0 Å². The summed E-state index contributed by atoms with van der Waals surface area (Å²) in [5, 5.41) is 56.7. The highest BCUT2D eigenvalue weighted by Crippen LogP contribution is 2.26. The van der Waals surface area contributed by atoms with E-state index in [1.165, 1.54) is 89.9 Å². The number of nitrogens with one attached hydrogen (secondary N) is 1. The van der Waals surface area contributed by atoms with Gasteiger partial charge in [-0.1, -0.05) is 203 Å². The Balaban J connectivity index is 2.74. The summed E-state index contributed by atoms with van der Waals surface area (Å²) < 4.78 is 17.5. The Kier molecular flexibility index (Phi) is 43.8. The molecule has 0 aromatic carbocycles. The summed E-state index contributed by atoms with van der Waals surface area (Å²) in [5.41, 5.74) is 0. The Morgan fingerprint density at radius 2 is 1.00 bits per heavy atom. The maximum absolute atomic E-state index is 13.3. The van der Waals surface area contributed by atoms with E-state index in [-0.39, 0.29) is 19.4 Å². The normalized spacial score (nSPS) is 20.3. The van der Waals surface area contributed by atoms with E-state index in [1.807, 2.05) is 6.08 Å². The number of unbranched alkanes of at least 4 members (excludes halogenated alkanes) is 22. The summed E-state index contributed by atoms with van der Waals surface area (Å²) in [6, 6.07) is -1.04. The highest BCUT2D eigenvalue weighted by atomic mass is 16.7. The molecule has 0 spiro atoms. The SMILES string of the molecule is CCCC/C=C\CCCCCCC(O)C(=O)NC(COC1OC(CO)C(O)C(O)C1OC(=O)CCCCC/C=C\C/C=C\C/C=C\C/C=C\CCCCC)C(O)/C=C/CCCCCCCCCCCC. The minimum absolute atomic E-state index is 0.0826. The van der Waals surface area contributed by atoms with Crippen LogP contribution in [0.4, 0.5) is 0 Å². The number of esters is 1. The van der Waals surface area contributed by atoms with E-state index in [4.69, 9.17) is 14.2 Å². The molecule has 0 radical (unpaired) electrons. The lowest BCUT2D eigenvalue weighted by Crippen LogP contribution is -2.61. The zero-order valence-corrected chi connectivity index (χ0v) is 44.4. The first-order valence-corrected chi connectivity index (χ1v) is 28.2. The quantitative estimate of drug-likeness (QED) is 0.0196. The molecule has 1 rings (SSSR count). The molecule has 0 aromatic heterocycles. The first-order valence-electron chi connectivity index (χ1n) is 28.2. The molecule has 1 aliphatic rings. The number of hydrogen-bond donors (Lipinski definition) is 6. The minimum Gasteiger partial charge on any atom is -0.454 e. The Hall–Kier alpha value is -2.90. The van der Waals surface area contributed by atoms with Crippen LogP contribution in [0.1, 0.15) is 226 Å². The fourth-order valence-corrected chi connectivity index (χ4v) is 8.26. The maximum Gasteiger partial charge on any atom is 0.306 e. The fraction of sp³-hybridized carbons (Fsp3) is 0.763. The lowest BCUT2D eigenvalue weighted by molar-refractivity contribution is -0.305. The molecule has 8 unspecified atom stereocenters. The molecule has 1 saturated heterocycles. The summed E-state index contributed by atoms with van der Waals surface area (Å²) in [7, 11) is 0. The summed E-state index contributed by atoms with van der Waals surface area (Å²) in [6.45, 7) is 5.66. The second-order valence-electron chi connectivity index (χ2n) is 19.3. The number of carbonyl (C=O) groups excluding carboxylic acids is 2. The fourth-order valence-electron chi connectivity index (χ4n) is 8.26. The molecule has 1 amide bonds. The molecule has 0 aromatic rings. The topological polar surface area (TPSA) is 175 Å². The zero-order chi connectivity index (χ0) is 51.1. The molecule has 11 nitrogen and oxygen atoms in total. The highest BCUT2D eigenvalue weighted by molar-refractivity contribution is 5.80. The molecule has 8 atom stereocenters. The summed E-state index contributed by atoms with van der Waals surface area (Å²) in [4.78, 5) is 26.4. The molecule has 70 heavy (non-hydrogen) atoms. The molecular weight excluding hydrogens is 883 g/mol. The van der Waals surface area contributed by atoms with Crippen molar-refractivity contribution in [3.05, 3.63) is 72.9 Å².